The summed E-state index contributed by atoms with van der Waals surface area (Å²) in [7, 11) is 0. The van der Waals surface area contributed by atoms with Crippen molar-refractivity contribution in [1.82, 2.24) is 24.8 Å². The van der Waals surface area contributed by atoms with Gasteiger partial charge in [-0.3, -0.25) is 4.90 Å². The van der Waals surface area contributed by atoms with E-state index in [2.05, 4.69) is 33.7 Å². The van der Waals surface area contributed by atoms with Crippen molar-refractivity contribution < 1.29 is 0 Å². The van der Waals surface area contributed by atoms with E-state index in [4.69, 9.17) is 4.98 Å². The van der Waals surface area contributed by atoms with Gasteiger partial charge in [-0.15, -0.1) is 0 Å². The lowest BCUT2D eigenvalue weighted by Gasteiger charge is -2.29. The van der Waals surface area contributed by atoms with Crippen LogP contribution in [0.15, 0.2) is 24.9 Å². The van der Waals surface area contributed by atoms with E-state index in [1.807, 2.05) is 6.20 Å². The van der Waals surface area contributed by atoms with Crippen LogP contribution in [-0.2, 0) is 13.0 Å². The molecule has 0 saturated carbocycles. The predicted molar refractivity (Wildman–Crippen MR) is 76.9 cm³/mol. The summed E-state index contributed by atoms with van der Waals surface area (Å²) >= 11 is 0. The molecule has 0 spiro atoms. The lowest BCUT2D eigenvalue weighted by Crippen LogP contribution is -2.34. The summed E-state index contributed by atoms with van der Waals surface area (Å²) in [6, 6.07) is 0. The molecule has 0 amide bonds. The zero-order chi connectivity index (χ0) is 13.9. The Balaban J connectivity index is 1.85. The van der Waals surface area contributed by atoms with Crippen LogP contribution in [0, 0.1) is 5.92 Å². The number of nitrogens with zero attached hydrogens (tertiary/aromatic N) is 5. The van der Waals surface area contributed by atoms with Crippen LogP contribution in [0.4, 0.5) is 0 Å². The normalized spacial score (nSPS) is 15.3. The van der Waals surface area contributed by atoms with Crippen molar-refractivity contribution >= 4 is 0 Å². The molecule has 0 aromatic carbocycles. The van der Waals surface area contributed by atoms with Gasteiger partial charge in [0.25, 0.3) is 0 Å². The summed E-state index contributed by atoms with van der Waals surface area (Å²) in [4.78, 5) is 19.7. The fourth-order valence-corrected chi connectivity index (χ4v) is 2.58. The van der Waals surface area contributed by atoms with Gasteiger partial charge in [0.2, 0.25) is 0 Å². The van der Waals surface area contributed by atoms with Gasteiger partial charge in [-0.05, 0) is 17.9 Å². The van der Waals surface area contributed by atoms with Crippen molar-refractivity contribution in [1.29, 1.82) is 0 Å². The smallest absolute Gasteiger partial charge is 0.162 e. The van der Waals surface area contributed by atoms with Crippen LogP contribution in [0.25, 0.3) is 11.4 Å². The quantitative estimate of drug-likeness (QED) is 0.852. The molecule has 1 aliphatic rings. The molecule has 104 valence electrons. The van der Waals surface area contributed by atoms with Crippen LogP contribution in [0.2, 0.25) is 0 Å². The third-order valence-electron chi connectivity index (χ3n) is 3.47. The molecule has 0 aliphatic carbocycles. The van der Waals surface area contributed by atoms with E-state index in [1.165, 1.54) is 11.9 Å². The maximum absolute atomic E-state index is 4.71. The monoisotopic (exact) mass is 269 g/mol. The fraction of sp³-hybridized carbons (Fsp3) is 0.467. The Kier molecular flexibility index (Phi) is 3.69. The van der Waals surface area contributed by atoms with Crippen molar-refractivity contribution in [2.75, 3.05) is 13.1 Å². The summed E-state index contributed by atoms with van der Waals surface area (Å²) in [5, 5.41) is 0. The van der Waals surface area contributed by atoms with E-state index < -0.39 is 0 Å². The Labute approximate surface area is 119 Å². The van der Waals surface area contributed by atoms with Crippen LogP contribution in [0.1, 0.15) is 25.1 Å². The molecule has 0 atom stereocenters. The molecule has 0 radical (unpaired) electrons. The van der Waals surface area contributed by atoms with Crippen molar-refractivity contribution in [3.05, 3.63) is 36.2 Å². The van der Waals surface area contributed by atoms with Crippen LogP contribution in [-0.4, -0.2) is 37.9 Å². The SMILES string of the molecule is CC(C)CN1CCc2cnc(-c3cncnc3)nc2C1. The average Bonchev–Trinajstić information content (AvgIpc) is 2.47. The number of fused-ring (bicyclic) bond motifs is 1. The minimum atomic E-state index is 0.681. The summed E-state index contributed by atoms with van der Waals surface area (Å²) in [6.07, 6.45) is 8.02. The highest BCUT2D eigenvalue weighted by molar-refractivity contribution is 5.52. The van der Waals surface area contributed by atoms with E-state index in [9.17, 15) is 0 Å². The van der Waals surface area contributed by atoms with E-state index in [0.717, 1.165) is 43.1 Å². The molecule has 0 N–H and O–H groups in total. The second-order valence-electron chi connectivity index (χ2n) is 5.67. The number of rotatable bonds is 3. The van der Waals surface area contributed by atoms with Gasteiger partial charge in [-0.1, -0.05) is 13.8 Å². The van der Waals surface area contributed by atoms with Crippen molar-refractivity contribution in [2.45, 2.75) is 26.8 Å². The van der Waals surface area contributed by atoms with Gasteiger partial charge in [0.15, 0.2) is 5.82 Å². The fourth-order valence-electron chi connectivity index (χ4n) is 2.58. The molecule has 20 heavy (non-hydrogen) atoms. The van der Waals surface area contributed by atoms with Crippen LogP contribution >= 0.6 is 0 Å². The number of hydrogen-bond acceptors (Lipinski definition) is 5. The van der Waals surface area contributed by atoms with Crippen LogP contribution < -0.4 is 0 Å². The zero-order valence-electron chi connectivity index (χ0n) is 12.0. The molecule has 3 rings (SSSR count). The summed E-state index contributed by atoms with van der Waals surface area (Å²) < 4.78 is 0. The summed E-state index contributed by atoms with van der Waals surface area (Å²) in [5.74, 6) is 1.40. The molecular formula is C15H19N5. The van der Waals surface area contributed by atoms with Crippen molar-refractivity contribution in [2.24, 2.45) is 5.92 Å². The van der Waals surface area contributed by atoms with E-state index in [0.29, 0.717) is 5.92 Å². The maximum atomic E-state index is 4.71. The van der Waals surface area contributed by atoms with Gasteiger partial charge in [0.05, 0.1) is 11.3 Å². The Bertz CT molecular complexity index is 582. The van der Waals surface area contributed by atoms with Crippen LogP contribution in [0.5, 0.6) is 0 Å². The Morgan fingerprint density at radius 3 is 2.75 bits per heavy atom. The summed E-state index contributed by atoms with van der Waals surface area (Å²) in [5.41, 5.74) is 3.28. The van der Waals surface area contributed by atoms with Gasteiger partial charge in [-0.25, -0.2) is 19.9 Å². The highest BCUT2D eigenvalue weighted by atomic mass is 15.1. The largest absolute Gasteiger partial charge is 0.297 e. The minimum Gasteiger partial charge on any atom is -0.297 e. The highest BCUT2D eigenvalue weighted by Gasteiger charge is 2.19. The number of aromatic nitrogens is 4. The molecule has 1 aliphatic heterocycles. The molecule has 0 fully saturated rings. The Morgan fingerprint density at radius 2 is 2.00 bits per heavy atom. The third kappa shape index (κ3) is 2.82. The standard InChI is InChI=1S/C15H19N5/c1-11(2)8-20-4-3-12-7-18-15(19-14(12)9-20)13-5-16-10-17-6-13/h5-7,10-11H,3-4,8-9H2,1-2H3. The van der Waals surface area contributed by atoms with Gasteiger partial charge >= 0.3 is 0 Å². The predicted octanol–water partition coefficient (Wildman–Crippen LogP) is 1.95. The molecule has 0 unspecified atom stereocenters. The van der Waals surface area contributed by atoms with E-state index in [1.54, 1.807) is 12.4 Å². The highest BCUT2D eigenvalue weighted by Crippen LogP contribution is 2.20. The minimum absolute atomic E-state index is 0.681. The maximum Gasteiger partial charge on any atom is 0.162 e. The van der Waals surface area contributed by atoms with Gasteiger partial charge < -0.3 is 0 Å². The topological polar surface area (TPSA) is 54.8 Å². The second-order valence-corrected chi connectivity index (χ2v) is 5.67. The molecular weight excluding hydrogens is 250 g/mol. The first-order chi connectivity index (χ1) is 9.72. The first kappa shape index (κ1) is 13.1. The third-order valence-corrected chi connectivity index (χ3v) is 3.47. The van der Waals surface area contributed by atoms with Crippen LogP contribution in [0.3, 0.4) is 0 Å². The van der Waals surface area contributed by atoms with E-state index in [-0.39, 0.29) is 0 Å². The van der Waals surface area contributed by atoms with Gasteiger partial charge in [0.1, 0.15) is 6.33 Å². The van der Waals surface area contributed by atoms with Crippen molar-refractivity contribution in [3.63, 3.8) is 0 Å². The van der Waals surface area contributed by atoms with Gasteiger partial charge in [-0.2, -0.15) is 0 Å². The molecule has 2 aromatic heterocycles. The average molecular weight is 269 g/mol. The summed E-state index contributed by atoms with van der Waals surface area (Å²) in [6.45, 7) is 7.64. The Hall–Kier alpha value is -1.88. The number of hydrogen-bond donors (Lipinski definition) is 0. The first-order valence-electron chi connectivity index (χ1n) is 7.05. The molecule has 5 heteroatoms. The molecule has 0 bridgehead atoms. The zero-order valence-corrected chi connectivity index (χ0v) is 12.0. The first-order valence-corrected chi connectivity index (χ1v) is 7.05. The lowest BCUT2D eigenvalue weighted by atomic mass is 10.1. The van der Waals surface area contributed by atoms with Gasteiger partial charge in [0, 0.05) is 38.2 Å². The Morgan fingerprint density at radius 1 is 1.20 bits per heavy atom. The molecule has 3 heterocycles. The second kappa shape index (κ2) is 5.63. The molecule has 0 saturated heterocycles. The van der Waals surface area contributed by atoms with E-state index >= 15 is 0 Å². The molecule has 5 nitrogen and oxygen atoms in total. The van der Waals surface area contributed by atoms with Crippen molar-refractivity contribution in [3.8, 4) is 11.4 Å². The lowest BCUT2D eigenvalue weighted by molar-refractivity contribution is 0.223. The molecule has 2 aromatic rings.